The van der Waals surface area contributed by atoms with Gasteiger partial charge >= 0.3 is 12.2 Å². The minimum absolute atomic E-state index is 0.283. The van der Waals surface area contributed by atoms with Crippen molar-refractivity contribution in [2.75, 3.05) is 26.2 Å². The van der Waals surface area contributed by atoms with Gasteiger partial charge < -0.3 is 19.1 Å². The van der Waals surface area contributed by atoms with Gasteiger partial charge in [-0.15, -0.1) is 0 Å². The summed E-state index contributed by atoms with van der Waals surface area (Å²) in [6, 6.07) is 7.77. The third kappa shape index (κ3) is 8.13. The molecule has 1 aromatic heterocycles. The van der Waals surface area contributed by atoms with Gasteiger partial charge in [-0.1, -0.05) is 18.7 Å². The zero-order chi connectivity index (χ0) is 28.1. The average Bonchev–Trinajstić information content (AvgIpc) is 3.16. The second-order valence-electron chi connectivity index (χ2n) is 11.2. The van der Waals surface area contributed by atoms with Gasteiger partial charge in [0.2, 0.25) is 0 Å². The largest absolute Gasteiger partial charge is 0.492 e. The number of fused-ring (bicyclic) bond motifs is 5. The summed E-state index contributed by atoms with van der Waals surface area (Å²) in [7, 11) is 0. The van der Waals surface area contributed by atoms with Crippen molar-refractivity contribution in [3.63, 3.8) is 0 Å². The Hall–Kier alpha value is -3.75. The SMILES string of the molecule is C=C1/C=C\n2ncc(c2C)-c2cccc(c2)OCCN(C(=O)OC(C)(C)C)CCCN1C(=O)OC(C)(C)C. The Kier molecular flexibility index (Phi) is 8.91. The van der Waals surface area contributed by atoms with Gasteiger partial charge in [0.05, 0.1) is 12.7 Å². The Morgan fingerprint density at radius 1 is 1.00 bits per heavy atom. The summed E-state index contributed by atoms with van der Waals surface area (Å²) in [5.74, 6) is 0.697. The van der Waals surface area contributed by atoms with Crippen molar-refractivity contribution in [2.45, 2.75) is 66.1 Å². The molecule has 1 aliphatic rings. The lowest BCUT2D eigenvalue weighted by atomic mass is 10.1. The van der Waals surface area contributed by atoms with E-state index in [0.717, 1.165) is 16.8 Å². The van der Waals surface area contributed by atoms with Crippen LogP contribution in [0.1, 0.15) is 53.7 Å². The topological polar surface area (TPSA) is 86.1 Å². The number of hydrogen-bond donors (Lipinski definition) is 0. The molecule has 0 saturated carbocycles. The Balaban J connectivity index is 1.95. The highest BCUT2D eigenvalue weighted by atomic mass is 16.6. The predicted octanol–water partition coefficient (Wildman–Crippen LogP) is 6.10. The second kappa shape index (κ2) is 11.8. The van der Waals surface area contributed by atoms with Gasteiger partial charge in [0, 0.05) is 36.2 Å². The fraction of sp³-hybridized carbons (Fsp3) is 0.483. The normalized spacial score (nSPS) is 16.3. The van der Waals surface area contributed by atoms with Crippen molar-refractivity contribution in [1.29, 1.82) is 0 Å². The van der Waals surface area contributed by atoms with Crippen LogP contribution in [0.3, 0.4) is 0 Å². The number of nitrogens with zero attached hydrogens (tertiary/aromatic N) is 4. The molecule has 0 spiro atoms. The fourth-order valence-corrected chi connectivity index (χ4v) is 3.84. The standard InChI is InChI=1S/C29H40N4O5/c1-21-13-16-33-22(2)25(20-30-33)23-11-9-12-24(19-23)36-18-17-31(26(34)37-28(3,4)5)14-10-15-32(21)27(35)38-29(6,7)8/h9,11-13,16,19-20H,1,10,14-15,17-18H2,2-8H3/b16-13-. The van der Waals surface area contributed by atoms with Gasteiger partial charge in [-0.3, -0.25) is 4.90 Å². The van der Waals surface area contributed by atoms with Gasteiger partial charge in [-0.05, 0) is 78.7 Å². The van der Waals surface area contributed by atoms with E-state index >= 15 is 0 Å². The summed E-state index contributed by atoms with van der Waals surface area (Å²) in [6.07, 6.45) is 4.83. The number of rotatable bonds is 0. The number of aromatic nitrogens is 2. The number of allylic oxidation sites excluding steroid dienone is 1. The highest BCUT2D eigenvalue weighted by Gasteiger charge is 2.25. The molecular formula is C29H40N4O5. The van der Waals surface area contributed by atoms with E-state index in [1.165, 1.54) is 4.90 Å². The van der Waals surface area contributed by atoms with Crippen LogP contribution in [0.5, 0.6) is 5.75 Å². The molecule has 0 N–H and O–H groups in total. The Morgan fingerprint density at radius 2 is 1.68 bits per heavy atom. The van der Waals surface area contributed by atoms with Crippen molar-refractivity contribution in [3.05, 3.63) is 54.5 Å². The Labute approximate surface area is 225 Å². The first-order valence-corrected chi connectivity index (χ1v) is 12.9. The maximum absolute atomic E-state index is 13.1. The van der Waals surface area contributed by atoms with E-state index in [1.54, 1.807) is 28.1 Å². The van der Waals surface area contributed by atoms with Crippen LogP contribution in [0.2, 0.25) is 0 Å². The molecule has 206 valence electrons. The van der Waals surface area contributed by atoms with Crippen LogP contribution in [0, 0.1) is 6.92 Å². The van der Waals surface area contributed by atoms with Crippen LogP contribution in [0.25, 0.3) is 17.3 Å². The quantitative estimate of drug-likeness (QED) is 0.414. The van der Waals surface area contributed by atoms with E-state index in [1.807, 2.05) is 72.7 Å². The molecule has 0 aliphatic carbocycles. The number of carbonyl (C=O) groups is 2. The molecule has 1 aliphatic heterocycles. The molecule has 3 rings (SSSR count). The van der Waals surface area contributed by atoms with E-state index in [2.05, 4.69) is 11.7 Å². The predicted molar refractivity (Wildman–Crippen MR) is 148 cm³/mol. The third-order valence-corrected chi connectivity index (χ3v) is 5.65. The lowest BCUT2D eigenvalue weighted by molar-refractivity contribution is 0.0210. The van der Waals surface area contributed by atoms with Gasteiger partial charge in [0.15, 0.2) is 0 Å². The molecule has 0 radical (unpaired) electrons. The van der Waals surface area contributed by atoms with Crippen LogP contribution in [-0.2, 0) is 9.47 Å². The highest BCUT2D eigenvalue weighted by molar-refractivity contribution is 5.72. The van der Waals surface area contributed by atoms with Crippen molar-refractivity contribution in [2.24, 2.45) is 0 Å². The third-order valence-electron chi connectivity index (χ3n) is 5.65. The van der Waals surface area contributed by atoms with Gasteiger partial charge in [-0.25, -0.2) is 14.3 Å². The first-order chi connectivity index (χ1) is 17.7. The molecule has 9 nitrogen and oxygen atoms in total. The monoisotopic (exact) mass is 524 g/mol. The lowest BCUT2D eigenvalue weighted by Gasteiger charge is -2.30. The molecule has 0 saturated heterocycles. The molecule has 4 bridgehead atoms. The van der Waals surface area contributed by atoms with Crippen molar-refractivity contribution < 1.29 is 23.8 Å². The summed E-state index contributed by atoms with van der Waals surface area (Å²) in [5, 5.41) is 4.49. The molecule has 9 heteroatoms. The number of benzene rings is 1. The summed E-state index contributed by atoms with van der Waals surface area (Å²) in [6.45, 7) is 18.3. The smallest absolute Gasteiger partial charge is 0.414 e. The Morgan fingerprint density at radius 3 is 2.37 bits per heavy atom. The van der Waals surface area contributed by atoms with E-state index in [9.17, 15) is 9.59 Å². The van der Waals surface area contributed by atoms with Gasteiger partial charge in [-0.2, -0.15) is 5.10 Å². The number of carbonyl (C=O) groups excluding carboxylic acids is 2. The summed E-state index contributed by atoms with van der Waals surface area (Å²) >= 11 is 0. The minimum atomic E-state index is -0.671. The van der Waals surface area contributed by atoms with Crippen LogP contribution >= 0.6 is 0 Å². The summed E-state index contributed by atoms with van der Waals surface area (Å²) < 4.78 is 19.0. The molecule has 2 amide bonds. The van der Waals surface area contributed by atoms with Crippen molar-refractivity contribution >= 4 is 18.4 Å². The molecule has 0 atom stereocenters. The maximum Gasteiger partial charge on any atom is 0.414 e. The fourth-order valence-electron chi connectivity index (χ4n) is 3.84. The first-order valence-electron chi connectivity index (χ1n) is 12.9. The van der Waals surface area contributed by atoms with Crippen LogP contribution in [-0.4, -0.2) is 69.2 Å². The molecular weight excluding hydrogens is 484 g/mol. The number of hydrogen-bond acceptors (Lipinski definition) is 6. The molecule has 38 heavy (non-hydrogen) atoms. The summed E-state index contributed by atoms with van der Waals surface area (Å²) in [4.78, 5) is 29.1. The van der Waals surface area contributed by atoms with Crippen LogP contribution in [0.15, 0.2) is 48.8 Å². The molecule has 0 unspecified atom stereocenters. The van der Waals surface area contributed by atoms with E-state index in [-0.39, 0.29) is 6.61 Å². The minimum Gasteiger partial charge on any atom is -0.492 e. The average molecular weight is 525 g/mol. The lowest BCUT2D eigenvalue weighted by Crippen LogP contribution is -2.41. The van der Waals surface area contributed by atoms with E-state index < -0.39 is 23.4 Å². The number of amides is 2. The summed E-state index contributed by atoms with van der Waals surface area (Å²) in [5.41, 5.74) is 1.99. The highest BCUT2D eigenvalue weighted by Crippen LogP contribution is 2.27. The van der Waals surface area contributed by atoms with Crippen molar-refractivity contribution in [3.8, 4) is 16.9 Å². The maximum atomic E-state index is 13.1. The van der Waals surface area contributed by atoms with E-state index in [0.29, 0.717) is 37.5 Å². The van der Waals surface area contributed by atoms with Crippen LogP contribution < -0.4 is 4.74 Å². The molecule has 0 fully saturated rings. The van der Waals surface area contributed by atoms with Crippen molar-refractivity contribution in [1.82, 2.24) is 19.6 Å². The van der Waals surface area contributed by atoms with Crippen LogP contribution in [0.4, 0.5) is 9.59 Å². The van der Waals surface area contributed by atoms with Gasteiger partial charge in [0.1, 0.15) is 23.6 Å². The number of ether oxygens (including phenoxy) is 3. The van der Waals surface area contributed by atoms with E-state index in [4.69, 9.17) is 14.2 Å². The molecule has 1 aromatic carbocycles. The molecule has 2 aromatic rings. The van der Waals surface area contributed by atoms with Gasteiger partial charge in [0.25, 0.3) is 0 Å². The zero-order valence-electron chi connectivity index (χ0n) is 23.6. The zero-order valence-corrected chi connectivity index (χ0v) is 23.6. The first kappa shape index (κ1) is 28.8. The Bertz CT molecular complexity index is 1190. The molecule has 2 heterocycles. The second-order valence-corrected chi connectivity index (χ2v) is 11.2.